The molecule has 0 unspecified atom stereocenters. The van der Waals surface area contributed by atoms with Gasteiger partial charge < -0.3 is 10.1 Å². The van der Waals surface area contributed by atoms with E-state index in [9.17, 15) is 4.79 Å². The van der Waals surface area contributed by atoms with Gasteiger partial charge in [0.05, 0.1) is 7.11 Å². The number of hydrogen-bond donors (Lipinski definition) is 1. The normalized spacial score (nSPS) is 10.5. The van der Waals surface area contributed by atoms with Gasteiger partial charge in [0, 0.05) is 24.7 Å². The number of carbonyl (C=O) groups excluding carboxylic acids is 1. The molecule has 1 N–H and O–H groups in total. The van der Waals surface area contributed by atoms with Crippen LogP contribution < -0.4 is 5.32 Å². The number of methoxy groups -OCH3 is 1. The number of ether oxygens (including phenoxy) is 1. The highest BCUT2D eigenvalue weighted by molar-refractivity contribution is 5.68. The zero-order chi connectivity index (χ0) is 14.1. The molecule has 0 spiro atoms. The van der Waals surface area contributed by atoms with E-state index >= 15 is 0 Å². The first-order valence-electron chi connectivity index (χ1n) is 6.76. The first kappa shape index (κ1) is 15.4. The molecule has 0 aliphatic rings. The molecule has 1 aromatic heterocycles. The number of aromatic nitrogens is 2. The summed E-state index contributed by atoms with van der Waals surface area (Å²) < 4.78 is 4.59. The molecule has 0 atom stereocenters. The number of carbonyl (C=O) groups is 1. The van der Waals surface area contributed by atoms with Crippen molar-refractivity contribution in [2.75, 3.05) is 19.0 Å². The molecule has 0 radical (unpaired) electrons. The second kappa shape index (κ2) is 8.45. The molecule has 0 saturated heterocycles. The summed E-state index contributed by atoms with van der Waals surface area (Å²) in [5.41, 5.74) is 1.04. The summed E-state index contributed by atoms with van der Waals surface area (Å²) in [6.45, 7) is 5.08. The number of esters is 1. The minimum atomic E-state index is -0.134. The summed E-state index contributed by atoms with van der Waals surface area (Å²) in [5, 5.41) is 3.27. The molecule has 0 aliphatic heterocycles. The third kappa shape index (κ3) is 6.18. The maximum atomic E-state index is 10.9. The minimum absolute atomic E-state index is 0.134. The van der Waals surface area contributed by atoms with Crippen molar-refractivity contribution in [3.63, 3.8) is 0 Å². The summed E-state index contributed by atoms with van der Waals surface area (Å²) in [6.07, 6.45) is 4.98. The fraction of sp³-hybridized carbons (Fsp3) is 0.643. The van der Waals surface area contributed by atoms with Gasteiger partial charge in [-0.1, -0.05) is 20.3 Å². The van der Waals surface area contributed by atoms with Crippen LogP contribution in [-0.4, -0.2) is 29.6 Å². The Morgan fingerprint density at radius 2 is 2.11 bits per heavy atom. The van der Waals surface area contributed by atoms with Gasteiger partial charge in [0.25, 0.3) is 0 Å². The van der Waals surface area contributed by atoms with Crippen molar-refractivity contribution in [1.82, 2.24) is 9.97 Å². The van der Waals surface area contributed by atoms with E-state index in [-0.39, 0.29) is 5.97 Å². The number of unbranched alkanes of at least 4 members (excludes halogenated alkanes) is 2. The Hall–Kier alpha value is -1.65. The largest absolute Gasteiger partial charge is 0.469 e. The Kier molecular flexibility index (Phi) is 6.85. The van der Waals surface area contributed by atoms with Crippen LogP contribution in [-0.2, 0) is 9.53 Å². The van der Waals surface area contributed by atoms with E-state index < -0.39 is 0 Å². The molecule has 0 aromatic carbocycles. The predicted octanol–water partition coefficient (Wildman–Crippen LogP) is 2.75. The Morgan fingerprint density at radius 3 is 2.79 bits per heavy atom. The van der Waals surface area contributed by atoms with Crippen LogP contribution in [0.25, 0.3) is 0 Å². The molecule has 5 heteroatoms. The zero-order valence-electron chi connectivity index (χ0n) is 12.0. The van der Waals surface area contributed by atoms with Crippen LogP contribution in [0.1, 0.15) is 51.1 Å². The van der Waals surface area contributed by atoms with Crippen molar-refractivity contribution in [1.29, 1.82) is 0 Å². The van der Waals surface area contributed by atoms with Crippen LogP contribution in [0.4, 0.5) is 5.82 Å². The van der Waals surface area contributed by atoms with E-state index in [4.69, 9.17) is 0 Å². The average molecular weight is 265 g/mol. The molecule has 0 saturated carbocycles. The highest BCUT2D eigenvalue weighted by atomic mass is 16.5. The number of rotatable bonds is 8. The topological polar surface area (TPSA) is 64.1 Å². The molecule has 1 rings (SSSR count). The molecule has 1 heterocycles. The van der Waals surface area contributed by atoms with Gasteiger partial charge in [-0.3, -0.25) is 4.79 Å². The first-order chi connectivity index (χ1) is 9.13. The van der Waals surface area contributed by atoms with E-state index in [1.807, 2.05) is 6.07 Å². The quantitative estimate of drug-likeness (QED) is 0.578. The zero-order valence-corrected chi connectivity index (χ0v) is 12.0. The molecular weight excluding hydrogens is 242 g/mol. The van der Waals surface area contributed by atoms with Crippen molar-refractivity contribution in [3.05, 3.63) is 18.1 Å². The molecule has 19 heavy (non-hydrogen) atoms. The van der Waals surface area contributed by atoms with Gasteiger partial charge in [0.15, 0.2) is 0 Å². The first-order valence-corrected chi connectivity index (χ1v) is 6.76. The lowest BCUT2D eigenvalue weighted by Gasteiger charge is -2.08. The van der Waals surface area contributed by atoms with Gasteiger partial charge in [-0.2, -0.15) is 0 Å². The van der Waals surface area contributed by atoms with Crippen LogP contribution in [0.2, 0.25) is 0 Å². The average Bonchev–Trinajstić information content (AvgIpc) is 2.42. The van der Waals surface area contributed by atoms with Crippen LogP contribution in [0.3, 0.4) is 0 Å². The van der Waals surface area contributed by atoms with Crippen LogP contribution in [0.5, 0.6) is 0 Å². The molecule has 106 valence electrons. The van der Waals surface area contributed by atoms with E-state index in [1.54, 1.807) is 6.33 Å². The van der Waals surface area contributed by atoms with E-state index in [1.165, 1.54) is 7.11 Å². The van der Waals surface area contributed by atoms with Gasteiger partial charge in [0.1, 0.15) is 12.1 Å². The predicted molar refractivity (Wildman–Crippen MR) is 75.1 cm³/mol. The lowest BCUT2D eigenvalue weighted by atomic mass is 10.1. The highest BCUT2D eigenvalue weighted by Gasteiger charge is 2.03. The summed E-state index contributed by atoms with van der Waals surface area (Å²) in [5.74, 6) is 1.14. The van der Waals surface area contributed by atoms with Crippen LogP contribution in [0.15, 0.2) is 12.4 Å². The summed E-state index contributed by atoms with van der Waals surface area (Å²) in [6, 6.07) is 1.99. The summed E-state index contributed by atoms with van der Waals surface area (Å²) >= 11 is 0. The fourth-order valence-corrected chi connectivity index (χ4v) is 1.67. The smallest absolute Gasteiger partial charge is 0.305 e. The SMILES string of the molecule is COC(=O)CCCCCNc1cc(C(C)C)ncn1. The van der Waals surface area contributed by atoms with Crippen molar-refractivity contribution >= 4 is 11.8 Å². The molecule has 0 amide bonds. The monoisotopic (exact) mass is 265 g/mol. The lowest BCUT2D eigenvalue weighted by molar-refractivity contribution is -0.140. The van der Waals surface area contributed by atoms with Gasteiger partial charge in [0.2, 0.25) is 0 Å². The Balaban J connectivity index is 2.19. The highest BCUT2D eigenvalue weighted by Crippen LogP contribution is 2.13. The van der Waals surface area contributed by atoms with Gasteiger partial charge in [-0.05, 0) is 18.8 Å². The van der Waals surface area contributed by atoms with Crippen molar-refractivity contribution < 1.29 is 9.53 Å². The number of hydrogen-bond acceptors (Lipinski definition) is 5. The number of nitrogens with one attached hydrogen (secondary N) is 1. The summed E-state index contributed by atoms with van der Waals surface area (Å²) in [7, 11) is 1.42. The van der Waals surface area contributed by atoms with Crippen LogP contribution >= 0.6 is 0 Å². The van der Waals surface area contributed by atoms with Crippen LogP contribution in [0, 0.1) is 0 Å². The van der Waals surface area contributed by atoms with Crippen molar-refractivity contribution in [2.45, 2.75) is 45.4 Å². The van der Waals surface area contributed by atoms with Crippen molar-refractivity contribution in [2.24, 2.45) is 0 Å². The number of anilines is 1. The molecule has 1 aromatic rings. The number of nitrogens with zero attached hydrogens (tertiary/aromatic N) is 2. The van der Waals surface area contributed by atoms with E-state index in [0.29, 0.717) is 12.3 Å². The maximum Gasteiger partial charge on any atom is 0.305 e. The molecular formula is C14H23N3O2. The van der Waals surface area contributed by atoms with Gasteiger partial charge in [-0.15, -0.1) is 0 Å². The molecule has 0 bridgehead atoms. The Bertz CT molecular complexity index is 394. The third-order valence-corrected chi connectivity index (χ3v) is 2.87. The van der Waals surface area contributed by atoms with Crippen molar-refractivity contribution in [3.8, 4) is 0 Å². The maximum absolute atomic E-state index is 10.9. The summed E-state index contributed by atoms with van der Waals surface area (Å²) in [4.78, 5) is 19.3. The second-order valence-electron chi connectivity index (χ2n) is 4.80. The van der Waals surface area contributed by atoms with E-state index in [2.05, 4.69) is 33.9 Å². The standard InChI is InChI=1S/C14H23N3O2/c1-11(2)12-9-13(17-10-16-12)15-8-6-4-5-7-14(18)19-3/h9-11H,4-8H2,1-3H3,(H,15,16,17). The van der Waals surface area contributed by atoms with Gasteiger partial charge >= 0.3 is 5.97 Å². The molecule has 0 fully saturated rings. The fourth-order valence-electron chi connectivity index (χ4n) is 1.67. The third-order valence-electron chi connectivity index (χ3n) is 2.87. The minimum Gasteiger partial charge on any atom is -0.469 e. The second-order valence-corrected chi connectivity index (χ2v) is 4.80. The lowest BCUT2D eigenvalue weighted by Crippen LogP contribution is -2.06. The molecule has 5 nitrogen and oxygen atoms in total. The van der Waals surface area contributed by atoms with E-state index in [0.717, 1.165) is 37.3 Å². The Labute approximate surface area is 114 Å². The molecule has 0 aliphatic carbocycles. The Morgan fingerprint density at radius 1 is 1.32 bits per heavy atom. The van der Waals surface area contributed by atoms with Gasteiger partial charge in [-0.25, -0.2) is 9.97 Å².